The number of hydrogen-bond donors (Lipinski definition) is 2. The van der Waals surface area contributed by atoms with Crippen LogP contribution in [-0.2, 0) is 15.1 Å². The summed E-state index contributed by atoms with van der Waals surface area (Å²) in [5.41, 5.74) is 6.34. The van der Waals surface area contributed by atoms with Gasteiger partial charge in [0.2, 0.25) is 0 Å². The summed E-state index contributed by atoms with van der Waals surface area (Å²) in [5, 5.41) is 10.3. The molecule has 0 saturated heterocycles. The van der Waals surface area contributed by atoms with Gasteiger partial charge in [-0.2, -0.15) is 0 Å². The number of methoxy groups -OCH3 is 1. The Labute approximate surface area is 117 Å². The third-order valence-electron chi connectivity index (χ3n) is 3.36. The number of aliphatic hydroxyl groups excluding tert-OH is 1. The lowest BCUT2D eigenvalue weighted by Crippen LogP contribution is -2.53. The van der Waals surface area contributed by atoms with Gasteiger partial charge >= 0.3 is 5.97 Å². The number of hydrogen-bond acceptors (Lipinski definition) is 4. The third-order valence-corrected chi connectivity index (χ3v) is 3.36. The molecule has 0 aliphatic rings. The summed E-state index contributed by atoms with van der Waals surface area (Å²) in [6.45, 7) is 0. The maximum atomic E-state index is 11.8. The molecule has 0 saturated carbocycles. The molecule has 0 aromatic heterocycles. The first-order valence-corrected chi connectivity index (χ1v) is 6.26. The molecule has 104 valence electrons. The molecule has 2 aromatic rings. The van der Waals surface area contributed by atoms with Crippen molar-refractivity contribution in [1.82, 2.24) is 0 Å². The predicted octanol–water partition coefficient (Wildman–Crippen LogP) is 1.42. The van der Waals surface area contributed by atoms with Crippen LogP contribution in [0.3, 0.4) is 0 Å². The molecule has 0 heterocycles. The molecule has 3 N–H and O–H groups in total. The SMILES string of the molecule is COC(=O)C(O)C(N)(c1ccccc1)c1ccccc1. The van der Waals surface area contributed by atoms with Crippen molar-refractivity contribution in [2.45, 2.75) is 11.6 Å². The zero-order valence-corrected chi connectivity index (χ0v) is 11.2. The van der Waals surface area contributed by atoms with E-state index in [0.717, 1.165) is 0 Å². The molecule has 2 rings (SSSR count). The molecule has 0 aliphatic heterocycles. The number of rotatable bonds is 4. The minimum Gasteiger partial charge on any atom is -0.467 e. The number of carbonyl (C=O) groups excluding carboxylic acids is 1. The zero-order valence-electron chi connectivity index (χ0n) is 11.2. The molecule has 2 aromatic carbocycles. The monoisotopic (exact) mass is 271 g/mol. The molecule has 0 amide bonds. The van der Waals surface area contributed by atoms with Crippen LogP contribution in [0.5, 0.6) is 0 Å². The fourth-order valence-electron chi connectivity index (χ4n) is 2.21. The maximum absolute atomic E-state index is 11.8. The maximum Gasteiger partial charge on any atom is 0.337 e. The van der Waals surface area contributed by atoms with Crippen LogP contribution in [-0.4, -0.2) is 24.3 Å². The minimum absolute atomic E-state index is 0.643. The molecule has 4 nitrogen and oxygen atoms in total. The standard InChI is InChI=1S/C16H17NO3/c1-20-15(19)14(18)16(17,12-8-4-2-5-9-12)13-10-6-3-7-11-13/h2-11,14,18H,17H2,1H3. The van der Waals surface area contributed by atoms with Crippen molar-refractivity contribution < 1.29 is 14.6 Å². The van der Waals surface area contributed by atoms with Crippen molar-refractivity contribution in [2.24, 2.45) is 5.73 Å². The van der Waals surface area contributed by atoms with Gasteiger partial charge in [0.25, 0.3) is 0 Å². The molecule has 20 heavy (non-hydrogen) atoms. The lowest BCUT2D eigenvalue weighted by atomic mass is 9.79. The van der Waals surface area contributed by atoms with Gasteiger partial charge in [0.15, 0.2) is 6.10 Å². The Hall–Kier alpha value is -2.17. The first-order chi connectivity index (χ1) is 9.60. The lowest BCUT2D eigenvalue weighted by Gasteiger charge is -2.33. The van der Waals surface area contributed by atoms with E-state index in [1.807, 2.05) is 36.4 Å². The van der Waals surface area contributed by atoms with Crippen LogP contribution in [0.15, 0.2) is 60.7 Å². The van der Waals surface area contributed by atoms with Crippen molar-refractivity contribution in [3.05, 3.63) is 71.8 Å². The van der Waals surface area contributed by atoms with Crippen LogP contribution < -0.4 is 5.73 Å². The number of ether oxygens (including phenoxy) is 1. The van der Waals surface area contributed by atoms with Crippen molar-refractivity contribution >= 4 is 5.97 Å². The second kappa shape index (κ2) is 5.86. The highest BCUT2D eigenvalue weighted by Crippen LogP contribution is 2.31. The zero-order chi connectivity index (χ0) is 14.6. The Morgan fingerprint density at radius 3 is 1.80 bits per heavy atom. The van der Waals surface area contributed by atoms with E-state index in [2.05, 4.69) is 4.74 Å². The van der Waals surface area contributed by atoms with E-state index in [4.69, 9.17) is 5.73 Å². The van der Waals surface area contributed by atoms with Gasteiger partial charge in [-0.1, -0.05) is 60.7 Å². The molecular formula is C16H17NO3. The van der Waals surface area contributed by atoms with Gasteiger partial charge < -0.3 is 15.6 Å². The molecular weight excluding hydrogens is 254 g/mol. The first-order valence-electron chi connectivity index (χ1n) is 6.26. The van der Waals surface area contributed by atoms with Gasteiger partial charge in [-0.25, -0.2) is 4.79 Å². The van der Waals surface area contributed by atoms with E-state index >= 15 is 0 Å². The summed E-state index contributed by atoms with van der Waals surface area (Å²) in [5.74, 6) is -0.764. The molecule has 0 radical (unpaired) electrons. The van der Waals surface area contributed by atoms with Crippen LogP contribution in [0.2, 0.25) is 0 Å². The molecule has 0 bridgehead atoms. The van der Waals surface area contributed by atoms with Crippen molar-refractivity contribution in [2.75, 3.05) is 7.11 Å². The van der Waals surface area contributed by atoms with E-state index in [0.29, 0.717) is 11.1 Å². The average molecular weight is 271 g/mol. The van der Waals surface area contributed by atoms with Crippen LogP contribution in [0.1, 0.15) is 11.1 Å². The van der Waals surface area contributed by atoms with Gasteiger partial charge in [0, 0.05) is 0 Å². The number of aliphatic hydroxyl groups is 1. The summed E-state index contributed by atoms with van der Waals surface area (Å²) < 4.78 is 4.63. The normalized spacial score (nSPS) is 12.8. The fraction of sp³-hybridized carbons (Fsp3) is 0.188. The van der Waals surface area contributed by atoms with E-state index in [-0.39, 0.29) is 0 Å². The largest absolute Gasteiger partial charge is 0.467 e. The van der Waals surface area contributed by atoms with Crippen molar-refractivity contribution in [3.63, 3.8) is 0 Å². The molecule has 1 unspecified atom stereocenters. The summed E-state index contributed by atoms with van der Waals surface area (Å²) in [6.07, 6.45) is -1.49. The number of esters is 1. The number of carbonyl (C=O) groups is 1. The quantitative estimate of drug-likeness (QED) is 0.825. The highest BCUT2D eigenvalue weighted by molar-refractivity contribution is 5.77. The number of nitrogens with two attached hydrogens (primary N) is 1. The van der Waals surface area contributed by atoms with Crippen molar-refractivity contribution in [1.29, 1.82) is 0 Å². The van der Waals surface area contributed by atoms with Crippen LogP contribution in [0.25, 0.3) is 0 Å². The molecule has 1 atom stereocenters. The summed E-state index contributed by atoms with van der Waals surface area (Å²) in [6, 6.07) is 18.0. The Kier molecular flexibility index (Phi) is 4.17. The summed E-state index contributed by atoms with van der Waals surface area (Å²) in [7, 11) is 1.22. The third kappa shape index (κ3) is 2.43. The summed E-state index contributed by atoms with van der Waals surface area (Å²) >= 11 is 0. The van der Waals surface area contributed by atoms with Gasteiger partial charge in [-0.05, 0) is 11.1 Å². The smallest absolute Gasteiger partial charge is 0.337 e. The van der Waals surface area contributed by atoms with Gasteiger partial charge in [-0.15, -0.1) is 0 Å². The highest BCUT2D eigenvalue weighted by Gasteiger charge is 2.42. The molecule has 0 fully saturated rings. The van der Waals surface area contributed by atoms with Crippen LogP contribution in [0.4, 0.5) is 0 Å². The Bertz CT molecular complexity index is 529. The van der Waals surface area contributed by atoms with Gasteiger partial charge in [0.1, 0.15) is 5.54 Å². The fourth-order valence-corrected chi connectivity index (χ4v) is 2.21. The summed E-state index contributed by atoms with van der Waals surface area (Å²) in [4.78, 5) is 11.8. The topological polar surface area (TPSA) is 72.5 Å². The average Bonchev–Trinajstić information content (AvgIpc) is 2.54. The van der Waals surface area contributed by atoms with Gasteiger partial charge in [0.05, 0.1) is 7.11 Å². The van der Waals surface area contributed by atoms with Crippen LogP contribution in [0, 0.1) is 0 Å². The molecule has 0 spiro atoms. The Balaban J connectivity index is 2.58. The molecule has 0 aliphatic carbocycles. The molecule has 4 heteroatoms. The van der Waals surface area contributed by atoms with E-state index < -0.39 is 17.6 Å². The number of benzene rings is 2. The highest BCUT2D eigenvalue weighted by atomic mass is 16.5. The Morgan fingerprint density at radius 2 is 1.45 bits per heavy atom. The van der Waals surface area contributed by atoms with Gasteiger partial charge in [-0.3, -0.25) is 0 Å². The van der Waals surface area contributed by atoms with Crippen LogP contribution >= 0.6 is 0 Å². The second-order valence-electron chi connectivity index (χ2n) is 4.53. The minimum atomic E-state index is -1.49. The first kappa shape index (κ1) is 14.2. The Morgan fingerprint density at radius 1 is 1.05 bits per heavy atom. The second-order valence-corrected chi connectivity index (χ2v) is 4.53. The van der Waals surface area contributed by atoms with E-state index in [9.17, 15) is 9.90 Å². The lowest BCUT2D eigenvalue weighted by molar-refractivity contribution is -0.153. The van der Waals surface area contributed by atoms with E-state index in [1.54, 1.807) is 24.3 Å². The van der Waals surface area contributed by atoms with E-state index in [1.165, 1.54) is 7.11 Å². The van der Waals surface area contributed by atoms with Crippen molar-refractivity contribution in [3.8, 4) is 0 Å². The predicted molar refractivity (Wildman–Crippen MR) is 75.9 cm³/mol.